The summed E-state index contributed by atoms with van der Waals surface area (Å²) in [4.78, 5) is 2.37. The van der Waals surface area contributed by atoms with E-state index < -0.39 is 0 Å². The van der Waals surface area contributed by atoms with E-state index in [0.29, 0.717) is 0 Å². The highest BCUT2D eigenvalue weighted by Gasteiger charge is 2.38. The molecule has 1 aromatic heterocycles. The Hall–Kier alpha value is -6.38. The number of nitrogens with zero attached hydrogens (tertiary/aromatic N) is 2. The molecule has 2 nitrogen and oxygen atoms in total. The zero-order chi connectivity index (χ0) is 36.3. The third kappa shape index (κ3) is 4.17. The average molecular weight is 693 g/mol. The van der Waals surface area contributed by atoms with Crippen molar-refractivity contribution >= 4 is 49.6 Å². The molecule has 258 valence electrons. The summed E-state index contributed by atoms with van der Waals surface area (Å²) in [6.45, 7) is 9.56. The van der Waals surface area contributed by atoms with Crippen LogP contribution in [-0.2, 0) is 10.8 Å². The lowest BCUT2D eigenvalue weighted by Crippen LogP contribution is -2.23. The SMILES string of the molecule is CC1(C)c2cc(N(c3ccccc3)c3ccccc3)ccc2-c2ccc(-n3c4ccccc4c4cc5cccc6c5c(c43)-c3ccccc3C6(C)C)cc21. The Labute approximate surface area is 316 Å². The second kappa shape index (κ2) is 11.1. The number of aromatic nitrogens is 1. The van der Waals surface area contributed by atoms with Gasteiger partial charge in [0.2, 0.25) is 0 Å². The van der Waals surface area contributed by atoms with E-state index in [1.54, 1.807) is 0 Å². The molecule has 2 aliphatic carbocycles. The van der Waals surface area contributed by atoms with Gasteiger partial charge in [0.05, 0.1) is 11.0 Å². The largest absolute Gasteiger partial charge is 0.310 e. The molecule has 1 heterocycles. The van der Waals surface area contributed by atoms with Gasteiger partial charge >= 0.3 is 0 Å². The molecular weight excluding hydrogens is 653 g/mol. The Kier molecular flexibility index (Phi) is 6.39. The Balaban J connectivity index is 1.14. The molecule has 11 rings (SSSR count). The van der Waals surface area contributed by atoms with Crippen molar-refractivity contribution in [1.82, 2.24) is 4.57 Å². The van der Waals surface area contributed by atoms with E-state index in [1.807, 2.05) is 0 Å². The zero-order valence-electron chi connectivity index (χ0n) is 31.1. The minimum absolute atomic E-state index is 0.105. The number of hydrogen-bond donors (Lipinski definition) is 0. The van der Waals surface area contributed by atoms with Crippen molar-refractivity contribution in [2.75, 3.05) is 4.90 Å². The topological polar surface area (TPSA) is 8.17 Å². The highest BCUT2D eigenvalue weighted by molar-refractivity contribution is 6.23. The maximum Gasteiger partial charge on any atom is 0.0626 e. The summed E-state index contributed by atoms with van der Waals surface area (Å²) in [5.41, 5.74) is 17.7. The fourth-order valence-corrected chi connectivity index (χ4v) is 9.94. The first-order valence-corrected chi connectivity index (χ1v) is 19.1. The number of fused-ring (bicyclic) bond motifs is 9. The van der Waals surface area contributed by atoms with Gasteiger partial charge in [-0.25, -0.2) is 0 Å². The van der Waals surface area contributed by atoms with Crippen LogP contribution in [0, 0.1) is 0 Å². The van der Waals surface area contributed by atoms with Gasteiger partial charge < -0.3 is 9.47 Å². The van der Waals surface area contributed by atoms with Crippen LogP contribution in [0.3, 0.4) is 0 Å². The van der Waals surface area contributed by atoms with Crippen molar-refractivity contribution < 1.29 is 0 Å². The van der Waals surface area contributed by atoms with Gasteiger partial charge in [-0.05, 0) is 110 Å². The van der Waals surface area contributed by atoms with Gasteiger partial charge in [-0.1, -0.05) is 137 Å². The fraction of sp³-hybridized carbons (Fsp3) is 0.115. The Morgan fingerprint density at radius 3 is 1.80 bits per heavy atom. The van der Waals surface area contributed by atoms with E-state index in [4.69, 9.17) is 0 Å². The van der Waals surface area contributed by atoms with Gasteiger partial charge in [0, 0.05) is 49.9 Å². The Bertz CT molecular complexity index is 2940. The number of anilines is 3. The summed E-state index contributed by atoms with van der Waals surface area (Å²) in [5, 5.41) is 5.27. The first-order valence-electron chi connectivity index (χ1n) is 19.1. The van der Waals surface area contributed by atoms with Crippen LogP contribution in [0.25, 0.3) is 60.5 Å². The lowest BCUT2D eigenvalue weighted by Gasteiger charge is -2.35. The molecule has 0 fully saturated rings. The normalized spacial score (nSPS) is 14.6. The highest BCUT2D eigenvalue weighted by atomic mass is 15.1. The first-order chi connectivity index (χ1) is 26.3. The van der Waals surface area contributed by atoms with Gasteiger partial charge in [0.25, 0.3) is 0 Å². The van der Waals surface area contributed by atoms with Crippen molar-refractivity contribution in [3.63, 3.8) is 0 Å². The molecule has 0 radical (unpaired) electrons. The van der Waals surface area contributed by atoms with E-state index in [2.05, 4.69) is 207 Å². The van der Waals surface area contributed by atoms with Crippen LogP contribution in [-0.4, -0.2) is 4.57 Å². The molecule has 2 aliphatic rings. The molecule has 0 atom stereocenters. The fourth-order valence-electron chi connectivity index (χ4n) is 9.94. The van der Waals surface area contributed by atoms with Crippen LogP contribution in [0.1, 0.15) is 49.9 Å². The molecule has 0 amide bonds. The van der Waals surface area contributed by atoms with E-state index >= 15 is 0 Å². The van der Waals surface area contributed by atoms with Crippen molar-refractivity contribution in [3.8, 4) is 27.9 Å². The van der Waals surface area contributed by atoms with Gasteiger partial charge in [0.1, 0.15) is 0 Å². The van der Waals surface area contributed by atoms with Crippen LogP contribution >= 0.6 is 0 Å². The summed E-state index contributed by atoms with van der Waals surface area (Å²) in [5.74, 6) is 0. The molecule has 8 aromatic carbocycles. The number of benzene rings is 8. The average Bonchev–Trinajstić information content (AvgIpc) is 3.65. The Morgan fingerprint density at radius 2 is 1.04 bits per heavy atom. The smallest absolute Gasteiger partial charge is 0.0626 e. The van der Waals surface area contributed by atoms with Crippen LogP contribution in [0.2, 0.25) is 0 Å². The molecular formula is C52H40N2. The standard InChI is InChI=1S/C52H40N2/c1-51(2)43-23-13-11-22-41(43)49-48-33(16-15-24-44(48)51)30-42-40-21-12-14-25-47(40)54(50(42)49)37-27-29-39-38-28-26-36(31-45(38)52(3,4)46(39)32-37)53(34-17-7-5-8-18-34)35-19-9-6-10-20-35/h5-32H,1-4H3. The minimum atomic E-state index is -0.209. The van der Waals surface area contributed by atoms with Gasteiger partial charge in [-0.2, -0.15) is 0 Å². The van der Waals surface area contributed by atoms with Crippen LogP contribution in [0.4, 0.5) is 17.1 Å². The molecule has 0 N–H and O–H groups in total. The highest BCUT2D eigenvalue weighted by Crippen LogP contribution is 2.54. The predicted octanol–water partition coefficient (Wildman–Crippen LogP) is 14.0. The molecule has 9 aromatic rings. The van der Waals surface area contributed by atoms with Crippen LogP contribution in [0.15, 0.2) is 170 Å². The quantitative estimate of drug-likeness (QED) is 0.178. The minimum Gasteiger partial charge on any atom is -0.310 e. The number of hydrogen-bond acceptors (Lipinski definition) is 1. The van der Waals surface area contributed by atoms with E-state index in [-0.39, 0.29) is 10.8 Å². The lowest BCUT2D eigenvalue weighted by atomic mass is 9.68. The Morgan fingerprint density at radius 1 is 0.426 bits per heavy atom. The zero-order valence-corrected chi connectivity index (χ0v) is 31.1. The second-order valence-corrected chi connectivity index (χ2v) is 16.2. The third-order valence-corrected chi connectivity index (χ3v) is 12.5. The van der Waals surface area contributed by atoms with E-state index in [1.165, 1.54) is 82.8 Å². The van der Waals surface area contributed by atoms with Crippen molar-refractivity contribution in [2.24, 2.45) is 0 Å². The molecule has 0 bridgehead atoms. The maximum atomic E-state index is 2.56. The predicted molar refractivity (Wildman–Crippen MR) is 228 cm³/mol. The van der Waals surface area contributed by atoms with Gasteiger partial charge in [-0.15, -0.1) is 0 Å². The maximum absolute atomic E-state index is 2.56. The summed E-state index contributed by atoms with van der Waals surface area (Å²) >= 11 is 0. The molecule has 0 spiro atoms. The second-order valence-electron chi connectivity index (χ2n) is 16.2. The first kappa shape index (κ1) is 31.2. The third-order valence-electron chi connectivity index (χ3n) is 12.5. The van der Waals surface area contributed by atoms with Gasteiger partial charge in [-0.3, -0.25) is 0 Å². The molecule has 0 saturated heterocycles. The monoisotopic (exact) mass is 692 g/mol. The number of para-hydroxylation sites is 3. The molecule has 54 heavy (non-hydrogen) atoms. The lowest BCUT2D eigenvalue weighted by molar-refractivity contribution is 0.645. The van der Waals surface area contributed by atoms with Crippen LogP contribution in [0.5, 0.6) is 0 Å². The van der Waals surface area contributed by atoms with E-state index in [0.717, 1.165) is 17.1 Å². The summed E-state index contributed by atoms with van der Waals surface area (Å²) in [7, 11) is 0. The van der Waals surface area contributed by atoms with Crippen molar-refractivity contribution in [1.29, 1.82) is 0 Å². The van der Waals surface area contributed by atoms with Crippen molar-refractivity contribution in [3.05, 3.63) is 192 Å². The molecule has 0 unspecified atom stereocenters. The molecule has 2 heteroatoms. The summed E-state index contributed by atoms with van der Waals surface area (Å²) < 4.78 is 2.56. The summed E-state index contributed by atoms with van der Waals surface area (Å²) in [6, 6.07) is 63.1. The summed E-state index contributed by atoms with van der Waals surface area (Å²) in [6.07, 6.45) is 0. The van der Waals surface area contributed by atoms with Crippen molar-refractivity contribution in [2.45, 2.75) is 38.5 Å². The van der Waals surface area contributed by atoms with Gasteiger partial charge in [0.15, 0.2) is 0 Å². The van der Waals surface area contributed by atoms with Crippen LogP contribution < -0.4 is 4.90 Å². The number of rotatable bonds is 4. The van der Waals surface area contributed by atoms with E-state index in [9.17, 15) is 0 Å². The molecule has 0 saturated carbocycles. The molecule has 0 aliphatic heterocycles.